The van der Waals surface area contributed by atoms with Crippen molar-refractivity contribution in [1.29, 1.82) is 0 Å². The topological polar surface area (TPSA) is 92.9 Å². The number of amides is 2. The van der Waals surface area contributed by atoms with Crippen LogP contribution in [0.1, 0.15) is 63.6 Å². The number of carbonyl (C=O) groups is 2. The maximum Gasteiger partial charge on any atom is 0.410 e. The van der Waals surface area contributed by atoms with Gasteiger partial charge in [-0.3, -0.25) is 9.69 Å². The second-order valence-electron chi connectivity index (χ2n) is 7.78. The molecular weight excluding hydrogens is 320 g/mol. The number of hydrogen-bond donors (Lipinski definition) is 2. The second-order valence-corrected chi connectivity index (χ2v) is 7.78. The second kappa shape index (κ2) is 7.44. The summed E-state index contributed by atoms with van der Waals surface area (Å²) in [6.07, 6.45) is -0.202. The lowest BCUT2D eigenvalue weighted by Gasteiger charge is -2.28. The third kappa shape index (κ3) is 5.19. The van der Waals surface area contributed by atoms with Crippen LogP contribution in [0.3, 0.4) is 0 Å². The molecule has 1 saturated heterocycles. The van der Waals surface area contributed by atoms with Crippen LogP contribution in [0.15, 0.2) is 24.3 Å². The largest absolute Gasteiger partial charge is 0.444 e. The number of carbonyl (C=O) groups excluding carboxylic acids is 2. The van der Waals surface area contributed by atoms with Crippen molar-refractivity contribution in [2.45, 2.75) is 64.2 Å². The Balaban J connectivity index is 2.15. The molecule has 2 rings (SSSR count). The van der Waals surface area contributed by atoms with Crippen LogP contribution in [0.4, 0.5) is 4.79 Å². The Bertz CT molecular complexity index is 621. The summed E-state index contributed by atoms with van der Waals surface area (Å²) in [5, 5.41) is 10.0. The quantitative estimate of drug-likeness (QED) is 0.875. The van der Waals surface area contributed by atoms with Crippen LogP contribution in [-0.2, 0) is 9.53 Å². The van der Waals surface area contributed by atoms with Crippen LogP contribution in [0, 0.1) is 0 Å². The van der Waals surface area contributed by atoms with Gasteiger partial charge in [0.2, 0.25) is 5.91 Å². The number of β-amino-alcohol motifs (C(OH)–C–C–N with tert-alkyl or cyclic N) is 1. The van der Waals surface area contributed by atoms with Crippen LogP contribution < -0.4 is 5.73 Å². The summed E-state index contributed by atoms with van der Waals surface area (Å²) in [6, 6.07) is 7.55. The lowest BCUT2D eigenvalue weighted by molar-refractivity contribution is -0.118. The molecule has 1 aromatic carbocycles. The zero-order valence-electron chi connectivity index (χ0n) is 15.4. The molecule has 0 radical (unpaired) electrons. The first-order valence-electron chi connectivity index (χ1n) is 8.62. The average molecular weight is 348 g/mol. The minimum atomic E-state index is -0.580. The van der Waals surface area contributed by atoms with Gasteiger partial charge in [0.1, 0.15) is 5.60 Å². The van der Waals surface area contributed by atoms with Gasteiger partial charge < -0.3 is 15.6 Å². The number of likely N-dealkylation sites (tertiary alicyclic amines) is 1. The predicted octanol–water partition coefficient (Wildman–Crippen LogP) is 2.71. The third-order valence-corrected chi connectivity index (χ3v) is 4.30. The maximum atomic E-state index is 12.4. The van der Waals surface area contributed by atoms with Crippen molar-refractivity contribution in [3.8, 4) is 0 Å². The summed E-state index contributed by atoms with van der Waals surface area (Å²) in [5.74, 6) is -0.283. The van der Waals surface area contributed by atoms with E-state index in [2.05, 4.69) is 0 Å². The highest BCUT2D eigenvalue weighted by Gasteiger charge is 2.37. The first kappa shape index (κ1) is 19.2. The fourth-order valence-electron chi connectivity index (χ4n) is 3.12. The minimum absolute atomic E-state index is 0.0441. The molecule has 0 bridgehead atoms. The van der Waals surface area contributed by atoms with Crippen molar-refractivity contribution in [3.05, 3.63) is 35.4 Å². The van der Waals surface area contributed by atoms with E-state index in [1.54, 1.807) is 4.90 Å². The highest BCUT2D eigenvalue weighted by atomic mass is 16.6. The third-order valence-electron chi connectivity index (χ3n) is 4.30. The average Bonchev–Trinajstić information content (AvgIpc) is 2.87. The molecule has 25 heavy (non-hydrogen) atoms. The molecule has 0 unspecified atom stereocenters. The van der Waals surface area contributed by atoms with Gasteiger partial charge in [0.25, 0.3) is 0 Å². The Morgan fingerprint density at radius 3 is 2.44 bits per heavy atom. The molecule has 6 nitrogen and oxygen atoms in total. The number of primary amides is 1. The van der Waals surface area contributed by atoms with Crippen LogP contribution in [-0.4, -0.2) is 40.3 Å². The fraction of sp³-hybridized carbons (Fsp3) is 0.579. The zero-order chi connectivity index (χ0) is 18.8. The first-order chi connectivity index (χ1) is 11.6. The summed E-state index contributed by atoms with van der Waals surface area (Å²) in [4.78, 5) is 25.1. The number of hydrogen-bond acceptors (Lipinski definition) is 4. The molecule has 3 atom stereocenters. The standard InChI is InChI=1S/C19H28N2O4/c1-12(9-17(20)23)13-5-7-14(8-6-13)16-10-15(22)11-21(16)18(24)25-19(2,3)4/h5-8,12,15-16,22H,9-11H2,1-4H3,(H2,20,23)/t12-,15-,16-/m1/s1. The van der Waals surface area contributed by atoms with Crippen LogP contribution in [0.5, 0.6) is 0 Å². The van der Waals surface area contributed by atoms with Gasteiger partial charge in [-0.05, 0) is 44.2 Å². The number of benzene rings is 1. The molecule has 1 aliphatic rings. The summed E-state index contributed by atoms with van der Waals surface area (Å²) in [7, 11) is 0. The van der Waals surface area contributed by atoms with E-state index in [0.29, 0.717) is 12.8 Å². The SMILES string of the molecule is C[C@H](CC(N)=O)c1ccc([C@H]2C[C@@H](O)CN2C(=O)OC(C)(C)C)cc1. The molecule has 1 aliphatic heterocycles. The predicted molar refractivity (Wildman–Crippen MR) is 95.0 cm³/mol. The molecular formula is C19H28N2O4. The van der Waals surface area contributed by atoms with Gasteiger partial charge in [0.05, 0.1) is 18.7 Å². The van der Waals surface area contributed by atoms with Crippen molar-refractivity contribution in [2.24, 2.45) is 5.73 Å². The molecule has 1 fully saturated rings. The van der Waals surface area contributed by atoms with Gasteiger partial charge in [-0.15, -0.1) is 0 Å². The van der Waals surface area contributed by atoms with E-state index >= 15 is 0 Å². The molecule has 1 aromatic rings. The zero-order valence-corrected chi connectivity index (χ0v) is 15.4. The number of nitrogens with two attached hydrogens (primary N) is 1. The van der Waals surface area contributed by atoms with Crippen molar-refractivity contribution in [1.82, 2.24) is 4.90 Å². The van der Waals surface area contributed by atoms with E-state index < -0.39 is 17.8 Å². The van der Waals surface area contributed by atoms with Gasteiger partial charge in [-0.25, -0.2) is 4.79 Å². The normalized spacial score (nSPS) is 21.9. The van der Waals surface area contributed by atoms with Crippen LogP contribution in [0.2, 0.25) is 0 Å². The minimum Gasteiger partial charge on any atom is -0.444 e. The molecule has 3 N–H and O–H groups in total. The van der Waals surface area contributed by atoms with Crippen molar-refractivity contribution < 1.29 is 19.4 Å². The molecule has 2 amide bonds. The Morgan fingerprint density at radius 2 is 1.92 bits per heavy atom. The van der Waals surface area contributed by atoms with E-state index in [-0.39, 0.29) is 24.4 Å². The van der Waals surface area contributed by atoms with E-state index in [1.807, 2.05) is 52.0 Å². The van der Waals surface area contributed by atoms with Crippen LogP contribution >= 0.6 is 0 Å². The Hall–Kier alpha value is -2.08. The molecule has 0 saturated carbocycles. The van der Waals surface area contributed by atoms with Crippen molar-refractivity contribution in [3.63, 3.8) is 0 Å². The van der Waals surface area contributed by atoms with E-state index in [9.17, 15) is 14.7 Å². The van der Waals surface area contributed by atoms with Gasteiger partial charge >= 0.3 is 6.09 Å². The number of ether oxygens (including phenoxy) is 1. The number of aliphatic hydroxyl groups excluding tert-OH is 1. The summed E-state index contributed by atoms with van der Waals surface area (Å²) in [5.41, 5.74) is 6.63. The number of rotatable bonds is 4. The summed E-state index contributed by atoms with van der Waals surface area (Å²) >= 11 is 0. The summed E-state index contributed by atoms with van der Waals surface area (Å²) < 4.78 is 5.45. The Kier molecular flexibility index (Phi) is 5.72. The van der Waals surface area contributed by atoms with Crippen molar-refractivity contribution in [2.75, 3.05) is 6.54 Å². The molecule has 0 spiro atoms. The smallest absolute Gasteiger partial charge is 0.410 e. The number of nitrogens with zero attached hydrogens (tertiary/aromatic N) is 1. The van der Waals surface area contributed by atoms with E-state index in [4.69, 9.17) is 10.5 Å². The molecule has 0 aromatic heterocycles. The fourth-order valence-corrected chi connectivity index (χ4v) is 3.12. The molecule has 138 valence electrons. The Morgan fingerprint density at radius 1 is 1.32 bits per heavy atom. The van der Waals surface area contributed by atoms with Gasteiger partial charge in [0.15, 0.2) is 0 Å². The summed E-state index contributed by atoms with van der Waals surface area (Å²) in [6.45, 7) is 7.68. The Labute approximate surface area is 149 Å². The monoisotopic (exact) mass is 348 g/mol. The van der Waals surface area contributed by atoms with E-state index in [1.165, 1.54) is 0 Å². The molecule has 1 heterocycles. The highest BCUT2D eigenvalue weighted by molar-refractivity contribution is 5.74. The van der Waals surface area contributed by atoms with Gasteiger partial charge in [-0.1, -0.05) is 31.2 Å². The van der Waals surface area contributed by atoms with Crippen LogP contribution in [0.25, 0.3) is 0 Å². The maximum absolute atomic E-state index is 12.4. The lowest BCUT2D eigenvalue weighted by Crippen LogP contribution is -2.37. The lowest BCUT2D eigenvalue weighted by atomic mass is 9.94. The number of aliphatic hydroxyl groups is 1. The van der Waals surface area contributed by atoms with Gasteiger partial charge in [-0.2, -0.15) is 0 Å². The highest BCUT2D eigenvalue weighted by Crippen LogP contribution is 2.34. The first-order valence-corrected chi connectivity index (χ1v) is 8.62. The molecule has 6 heteroatoms. The van der Waals surface area contributed by atoms with Crippen molar-refractivity contribution >= 4 is 12.0 Å². The van der Waals surface area contributed by atoms with Gasteiger partial charge in [0, 0.05) is 6.42 Å². The molecule has 0 aliphatic carbocycles. The van der Waals surface area contributed by atoms with E-state index in [0.717, 1.165) is 11.1 Å².